The van der Waals surface area contributed by atoms with E-state index in [1.165, 1.54) is 4.90 Å². The minimum atomic E-state index is -0.684. The third-order valence-corrected chi connectivity index (χ3v) is 4.85. The van der Waals surface area contributed by atoms with E-state index in [-0.39, 0.29) is 18.6 Å². The van der Waals surface area contributed by atoms with Crippen LogP contribution in [0.25, 0.3) is 11.1 Å². The van der Waals surface area contributed by atoms with E-state index >= 15 is 0 Å². The fourth-order valence-electron chi connectivity index (χ4n) is 3.52. The quantitative estimate of drug-likeness (QED) is 0.868. The predicted octanol–water partition coefficient (Wildman–Crippen LogP) is 4.04. The van der Waals surface area contributed by atoms with Gasteiger partial charge in [-0.05, 0) is 50.3 Å². The van der Waals surface area contributed by atoms with Gasteiger partial charge in [0.05, 0.1) is 12.5 Å². The van der Waals surface area contributed by atoms with Crippen LogP contribution in [0.2, 0.25) is 0 Å². The number of aliphatic hydroxyl groups is 1. The molecule has 0 saturated carbocycles. The molecular formula is C23H27NO4. The summed E-state index contributed by atoms with van der Waals surface area (Å²) in [6.07, 6.45) is 0.338. The van der Waals surface area contributed by atoms with Gasteiger partial charge in [0, 0.05) is 6.04 Å². The van der Waals surface area contributed by atoms with Gasteiger partial charge in [0.15, 0.2) is 0 Å². The van der Waals surface area contributed by atoms with Gasteiger partial charge in [0.1, 0.15) is 5.60 Å². The van der Waals surface area contributed by atoms with Crippen molar-refractivity contribution in [2.45, 2.75) is 45.3 Å². The van der Waals surface area contributed by atoms with Crippen molar-refractivity contribution in [2.24, 2.45) is 5.92 Å². The van der Waals surface area contributed by atoms with Gasteiger partial charge in [0.25, 0.3) is 0 Å². The maximum Gasteiger partial charge on any atom is 0.417 e. The van der Waals surface area contributed by atoms with Crippen molar-refractivity contribution in [1.29, 1.82) is 0 Å². The highest BCUT2D eigenvalue weighted by molar-refractivity contribution is 5.95. The van der Waals surface area contributed by atoms with Gasteiger partial charge in [-0.15, -0.1) is 0 Å². The lowest BCUT2D eigenvalue weighted by Gasteiger charge is -2.27. The topological polar surface area (TPSA) is 66.8 Å². The first-order valence-electron chi connectivity index (χ1n) is 9.60. The Balaban J connectivity index is 1.77. The standard InChI is InChI=1S/C23H27NO4/c1-23(2,3)28-22(27)24-20(14-19(15-25)21(24)26)13-16-9-11-18(12-10-16)17-7-5-4-6-8-17/h4-12,19-20,25H,13-15H2,1-3H3/t19-,20?/m0/s1. The largest absolute Gasteiger partial charge is 0.443 e. The number of likely N-dealkylation sites (tertiary alicyclic amines) is 1. The summed E-state index contributed by atoms with van der Waals surface area (Å²) in [7, 11) is 0. The first-order chi connectivity index (χ1) is 13.3. The van der Waals surface area contributed by atoms with Gasteiger partial charge >= 0.3 is 6.09 Å². The van der Waals surface area contributed by atoms with Crippen molar-refractivity contribution < 1.29 is 19.4 Å². The molecule has 5 nitrogen and oxygen atoms in total. The molecule has 1 aliphatic rings. The summed E-state index contributed by atoms with van der Waals surface area (Å²) in [5.41, 5.74) is 2.60. The van der Waals surface area contributed by atoms with Gasteiger partial charge in [-0.2, -0.15) is 0 Å². The lowest BCUT2D eigenvalue weighted by atomic mass is 9.98. The average molecular weight is 381 g/mol. The molecule has 1 aliphatic heterocycles. The molecule has 2 aromatic rings. The van der Waals surface area contributed by atoms with Crippen LogP contribution in [0, 0.1) is 5.92 Å². The van der Waals surface area contributed by atoms with Crippen LogP contribution in [0.5, 0.6) is 0 Å². The van der Waals surface area contributed by atoms with Crippen LogP contribution in [0.15, 0.2) is 54.6 Å². The minimum absolute atomic E-state index is 0.262. The van der Waals surface area contributed by atoms with Crippen molar-refractivity contribution >= 4 is 12.0 Å². The van der Waals surface area contributed by atoms with Crippen LogP contribution in [-0.2, 0) is 16.0 Å². The SMILES string of the molecule is CC(C)(C)OC(=O)N1C(=O)[C@H](CO)CC1Cc1ccc(-c2ccccc2)cc1. The molecule has 0 radical (unpaired) electrons. The number of hydrogen-bond acceptors (Lipinski definition) is 4. The normalized spacial score (nSPS) is 19.7. The van der Waals surface area contributed by atoms with E-state index < -0.39 is 17.6 Å². The summed E-state index contributed by atoms with van der Waals surface area (Å²) >= 11 is 0. The van der Waals surface area contributed by atoms with E-state index in [9.17, 15) is 14.7 Å². The Morgan fingerprint density at radius 3 is 2.25 bits per heavy atom. The Kier molecular flexibility index (Phi) is 5.84. The fraction of sp³-hybridized carbons (Fsp3) is 0.391. The predicted molar refractivity (Wildman–Crippen MR) is 108 cm³/mol. The Morgan fingerprint density at radius 1 is 1.07 bits per heavy atom. The second kappa shape index (κ2) is 8.15. The van der Waals surface area contributed by atoms with Crippen LogP contribution in [0.1, 0.15) is 32.8 Å². The highest BCUT2D eigenvalue weighted by Crippen LogP contribution is 2.29. The van der Waals surface area contributed by atoms with Crippen LogP contribution in [0.4, 0.5) is 4.79 Å². The van der Waals surface area contributed by atoms with Gasteiger partial charge in [0.2, 0.25) is 5.91 Å². The lowest BCUT2D eigenvalue weighted by Crippen LogP contribution is -2.43. The van der Waals surface area contributed by atoms with Crippen LogP contribution < -0.4 is 0 Å². The number of amides is 2. The van der Waals surface area contributed by atoms with Crippen LogP contribution in [0.3, 0.4) is 0 Å². The van der Waals surface area contributed by atoms with Crippen molar-refractivity contribution in [3.63, 3.8) is 0 Å². The van der Waals surface area contributed by atoms with Gasteiger partial charge in [-0.1, -0.05) is 54.6 Å². The van der Waals surface area contributed by atoms with Gasteiger partial charge < -0.3 is 9.84 Å². The molecular weight excluding hydrogens is 354 g/mol. The number of rotatable bonds is 4. The molecule has 2 atom stereocenters. The molecule has 3 rings (SSSR count). The number of imide groups is 1. The Bertz CT molecular complexity index is 824. The zero-order valence-electron chi connectivity index (χ0n) is 16.6. The van der Waals surface area contributed by atoms with Crippen LogP contribution >= 0.6 is 0 Å². The second-order valence-electron chi connectivity index (χ2n) is 8.22. The number of ether oxygens (including phenoxy) is 1. The monoisotopic (exact) mass is 381 g/mol. The Hall–Kier alpha value is -2.66. The molecule has 1 unspecified atom stereocenters. The summed E-state index contributed by atoms with van der Waals surface area (Å²) < 4.78 is 5.41. The molecule has 1 fully saturated rings. The smallest absolute Gasteiger partial charge is 0.417 e. The van der Waals surface area contributed by atoms with E-state index in [1.54, 1.807) is 20.8 Å². The number of carbonyl (C=O) groups excluding carboxylic acids is 2. The Morgan fingerprint density at radius 2 is 1.68 bits per heavy atom. The highest BCUT2D eigenvalue weighted by Gasteiger charge is 2.44. The van der Waals surface area contributed by atoms with E-state index in [2.05, 4.69) is 12.1 Å². The molecule has 0 aliphatic carbocycles. The van der Waals surface area contributed by atoms with Crippen molar-refractivity contribution in [1.82, 2.24) is 4.90 Å². The van der Waals surface area contributed by atoms with Crippen molar-refractivity contribution in [2.75, 3.05) is 6.61 Å². The summed E-state index contributed by atoms with van der Waals surface area (Å²) in [4.78, 5) is 26.3. The summed E-state index contributed by atoms with van der Waals surface area (Å²) in [6.45, 7) is 5.05. The zero-order chi connectivity index (χ0) is 20.3. The zero-order valence-corrected chi connectivity index (χ0v) is 16.6. The molecule has 2 amide bonds. The molecule has 1 saturated heterocycles. The Labute approximate surface area is 165 Å². The number of carbonyl (C=O) groups is 2. The average Bonchev–Trinajstić information content (AvgIpc) is 2.97. The molecule has 148 valence electrons. The van der Waals surface area contributed by atoms with Crippen molar-refractivity contribution in [3.8, 4) is 11.1 Å². The molecule has 0 aromatic heterocycles. The highest BCUT2D eigenvalue weighted by atomic mass is 16.6. The van der Waals surface area contributed by atoms with E-state index in [0.717, 1.165) is 16.7 Å². The number of benzene rings is 2. The van der Waals surface area contributed by atoms with Gasteiger partial charge in [-0.3, -0.25) is 4.79 Å². The molecule has 0 spiro atoms. The first kappa shape index (κ1) is 20.1. The minimum Gasteiger partial charge on any atom is -0.443 e. The summed E-state index contributed by atoms with van der Waals surface area (Å²) in [6, 6.07) is 17.9. The molecule has 5 heteroatoms. The third-order valence-electron chi connectivity index (χ3n) is 4.85. The molecule has 0 bridgehead atoms. The first-order valence-corrected chi connectivity index (χ1v) is 9.60. The maximum absolute atomic E-state index is 12.6. The van der Waals surface area contributed by atoms with E-state index in [0.29, 0.717) is 12.8 Å². The van der Waals surface area contributed by atoms with E-state index in [1.807, 2.05) is 42.5 Å². The number of aliphatic hydroxyl groups excluding tert-OH is 1. The van der Waals surface area contributed by atoms with Crippen LogP contribution in [-0.4, -0.2) is 40.3 Å². The number of hydrogen-bond donors (Lipinski definition) is 1. The molecule has 28 heavy (non-hydrogen) atoms. The second-order valence-corrected chi connectivity index (χ2v) is 8.22. The van der Waals surface area contributed by atoms with Gasteiger partial charge in [-0.25, -0.2) is 9.69 Å². The molecule has 2 aromatic carbocycles. The molecule has 1 N–H and O–H groups in total. The van der Waals surface area contributed by atoms with E-state index in [4.69, 9.17) is 4.74 Å². The fourth-order valence-corrected chi connectivity index (χ4v) is 3.52. The molecule has 1 heterocycles. The lowest BCUT2D eigenvalue weighted by molar-refractivity contribution is -0.132. The van der Waals surface area contributed by atoms with Crippen molar-refractivity contribution in [3.05, 3.63) is 60.2 Å². The summed E-state index contributed by atoms with van der Waals surface area (Å²) in [5.74, 6) is -0.913. The maximum atomic E-state index is 12.6. The summed E-state index contributed by atoms with van der Waals surface area (Å²) in [5, 5.41) is 9.52. The third kappa shape index (κ3) is 4.60. The number of nitrogens with zero attached hydrogens (tertiary/aromatic N) is 1.